The van der Waals surface area contributed by atoms with E-state index in [1.165, 1.54) is 5.56 Å². The fraction of sp³-hybridized carbons (Fsp3) is 0.435. The number of aryl methyl sites for hydroxylation is 2. The van der Waals surface area contributed by atoms with Crippen LogP contribution in [0.2, 0.25) is 0 Å². The highest BCUT2D eigenvalue weighted by Gasteiger charge is 2.24. The molecule has 0 spiro atoms. The number of anilines is 2. The minimum atomic E-state index is -0.0182. The number of amides is 2. The summed E-state index contributed by atoms with van der Waals surface area (Å²) in [5, 5.41) is 3.14. The number of piperazine rings is 1. The third kappa shape index (κ3) is 4.58. The van der Waals surface area contributed by atoms with E-state index in [9.17, 15) is 4.79 Å². The minimum absolute atomic E-state index is 0.0182. The van der Waals surface area contributed by atoms with Crippen molar-refractivity contribution in [3.63, 3.8) is 0 Å². The number of urea groups is 1. The van der Waals surface area contributed by atoms with E-state index in [4.69, 9.17) is 4.74 Å². The molecule has 0 bridgehead atoms. The predicted octanol–water partition coefficient (Wildman–Crippen LogP) is 4.70. The van der Waals surface area contributed by atoms with Crippen molar-refractivity contribution in [2.45, 2.75) is 40.2 Å². The van der Waals surface area contributed by atoms with E-state index in [2.05, 4.69) is 29.3 Å². The quantitative estimate of drug-likeness (QED) is 0.817. The van der Waals surface area contributed by atoms with Gasteiger partial charge >= 0.3 is 6.03 Å². The van der Waals surface area contributed by atoms with E-state index < -0.39 is 0 Å². The van der Waals surface area contributed by atoms with Gasteiger partial charge in [0, 0.05) is 31.9 Å². The lowest BCUT2D eigenvalue weighted by Gasteiger charge is -2.37. The Labute approximate surface area is 168 Å². The lowest BCUT2D eigenvalue weighted by molar-refractivity contribution is 0.207. The van der Waals surface area contributed by atoms with E-state index >= 15 is 0 Å². The fourth-order valence-corrected chi connectivity index (χ4v) is 3.61. The average molecular weight is 382 g/mol. The Hall–Kier alpha value is -2.69. The van der Waals surface area contributed by atoms with Crippen LogP contribution in [0.3, 0.4) is 0 Å². The van der Waals surface area contributed by atoms with Crippen LogP contribution in [0.1, 0.15) is 31.9 Å². The van der Waals surface area contributed by atoms with Crippen molar-refractivity contribution < 1.29 is 9.53 Å². The van der Waals surface area contributed by atoms with Gasteiger partial charge in [-0.2, -0.15) is 0 Å². The van der Waals surface area contributed by atoms with Gasteiger partial charge in [-0.25, -0.2) is 4.79 Å². The number of carbonyl (C=O) groups is 1. The fourth-order valence-electron chi connectivity index (χ4n) is 3.61. The molecule has 0 aromatic heterocycles. The maximum atomic E-state index is 12.8. The summed E-state index contributed by atoms with van der Waals surface area (Å²) in [5.41, 5.74) is 4.33. The number of hydrogen-bond donors (Lipinski definition) is 1. The van der Waals surface area contributed by atoms with Gasteiger partial charge in [-0.1, -0.05) is 37.3 Å². The highest BCUT2D eigenvalue weighted by atomic mass is 16.5. The molecule has 1 heterocycles. The lowest BCUT2D eigenvalue weighted by Crippen LogP contribution is -2.50. The Balaban J connectivity index is 1.64. The zero-order chi connectivity index (χ0) is 20.1. The van der Waals surface area contributed by atoms with Crippen LogP contribution in [-0.4, -0.2) is 43.2 Å². The third-order valence-electron chi connectivity index (χ3n) is 5.11. The van der Waals surface area contributed by atoms with Crippen molar-refractivity contribution in [2.75, 3.05) is 36.4 Å². The second-order valence-electron chi connectivity index (χ2n) is 7.50. The Bertz CT molecular complexity index is 811. The zero-order valence-electron chi connectivity index (χ0n) is 17.4. The summed E-state index contributed by atoms with van der Waals surface area (Å²) >= 11 is 0. The molecule has 1 saturated heterocycles. The van der Waals surface area contributed by atoms with Crippen molar-refractivity contribution in [3.8, 4) is 5.75 Å². The Morgan fingerprint density at radius 3 is 2.46 bits per heavy atom. The van der Waals surface area contributed by atoms with Gasteiger partial charge in [0.25, 0.3) is 0 Å². The van der Waals surface area contributed by atoms with Crippen molar-refractivity contribution >= 4 is 17.4 Å². The summed E-state index contributed by atoms with van der Waals surface area (Å²) in [6, 6.07) is 14.3. The number of hydrogen-bond acceptors (Lipinski definition) is 3. The first kappa shape index (κ1) is 20.1. The molecular formula is C23H31N3O2. The maximum absolute atomic E-state index is 12.8. The normalized spacial score (nSPS) is 14.3. The van der Waals surface area contributed by atoms with Crippen LogP contribution in [0, 0.1) is 6.92 Å². The first-order chi connectivity index (χ1) is 13.5. The number of ether oxygens (including phenoxy) is 1. The molecule has 0 atom stereocenters. The molecule has 0 radical (unpaired) electrons. The van der Waals surface area contributed by atoms with E-state index in [-0.39, 0.29) is 12.1 Å². The molecule has 150 valence electrons. The molecule has 2 amide bonds. The van der Waals surface area contributed by atoms with Gasteiger partial charge in [0.1, 0.15) is 5.75 Å². The number of benzene rings is 2. The Morgan fingerprint density at radius 1 is 1.07 bits per heavy atom. The predicted molar refractivity (Wildman–Crippen MR) is 116 cm³/mol. The molecule has 3 rings (SSSR count). The smallest absolute Gasteiger partial charge is 0.321 e. The molecule has 2 aromatic carbocycles. The highest BCUT2D eigenvalue weighted by Crippen LogP contribution is 2.30. The Morgan fingerprint density at radius 2 is 1.79 bits per heavy atom. The van der Waals surface area contributed by atoms with Crippen molar-refractivity contribution in [2.24, 2.45) is 0 Å². The van der Waals surface area contributed by atoms with E-state index in [1.54, 1.807) is 0 Å². The van der Waals surface area contributed by atoms with Crippen LogP contribution in [0.5, 0.6) is 5.75 Å². The summed E-state index contributed by atoms with van der Waals surface area (Å²) in [7, 11) is 0. The zero-order valence-corrected chi connectivity index (χ0v) is 17.4. The average Bonchev–Trinajstić information content (AvgIpc) is 2.69. The first-order valence-electron chi connectivity index (χ1n) is 10.1. The maximum Gasteiger partial charge on any atom is 0.321 e. The van der Waals surface area contributed by atoms with E-state index in [1.807, 2.05) is 56.0 Å². The molecule has 0 aliphatic carbocycles. The molecule has 1 N–H and O–H groups in total. The van der Waals surface area contributed by atoms with Crippen LogP contribution < -0.4 is 15.0 Å². The van der Waals surface area contributed by atoms with Crippen molar-refractivity contribution in [3.05, 3.63) is 53.6 Å². The van der Waals surface area contributed by atoms with Gasteiger partial charge in [-0.05, 0) is 50.5 Å². The lowest BCUT2D eigenvalue weighted by atomic mass is 10.1. The molecule has 5 nitrogen and oxygen atoms in total. The number of nitrogens with one attached hydrogen (secondary N) is 1. The molecular weight excluding hydrogens is 350 g/mol. The Kier molecular flexibility index (Phi) is 6.45. The topological polar surface area (TPSA) is 44.8 Å². The molecule has 1 aliphatic heterocycles. The van der Waals surface area contributed by atoms with Crippen LogP contribution in [0.15, 0.2) is 42.5 Å². The number of para-hydroxylation sites is 3. The van der Waals surface area contributed by atoms with Crippen LogP contribution >= 0.6 is 0 Å². The molecule has 1 fully saturated rings. The summed E-state index contributed by atoms with van der Waals surface area (Å²) in [6.07, 6.45) is 1.03. The summed E-state index contributed by atoms with van der Waals surface area (Å²) in [5.74, 6) is 0.905. The number of nitrogens with zero attached hydrogens (tertiary/aromatic N) is 2. The minimum Gasteiger partial charge on any atom is -0.489 e. The van der Waals surface area contributed by atoms with E-state index in [0.29, 0.717) is 13.1 Å². The standard InChI is InChI=1S/C23H31N3O2/c1-5-19-10-8-9-18(4)22(19)24-23(27)26-15-13-25(14-16-26)20-11-6-7-12-21(20)28-17(2)3/h6-12,17H,5,13-16H2,1-4H3,(H,24,27). The molecule has 28 heavy (non-hydrogen) atoms. The molecule has 2 aromatic rings. The second kappa shape index (κ2) is 9.00. The number of rotatable bonds is 5. The van der Waals surface area contributed by atoms with Gasteiger partial charge in [0.2, 0.25) is 0 Å². The van der Waals surface area contributed by atoms with Gasteiger partial charge in [0.05, 0.1) is 11.8 Å². The molecule has 1 aliphatic rings. The summed E-state index contributed by atoms with van der Waals surface area (Å²) in [4.78, 5) is 17.0. The number of carbonyl (C=O) groups excluding carboxylic acids is 1. The summed E-state index contributed by atoms with van der Waals surface area (Å²) < 4.78 is 5.96. The second-order valence-corrected chi connectivity index (χ2v) is 7.50. The van der Waals surface area contributed by atoms with Gasteiger partial charge in [0.15, 0.2) is 0 Å². The SMILES string of the molecule is CCc1cccc(C)c1NC(=O)N1CCN(c2ccccc2OC(C)C)CC1. The van der Waals surface area contributed by atoms with Crippen LogP contribution in [-0.2, 0) is 6.42 Å². The van der Waals surface area contributed by atoms with Crippen molar-refractivity contribution in [1.29, 1.82) is 0 Å². The van der Waals surface area contributed by atoms with Crippen molar-refractivity contribution in [1.82, 2.24) is 4.90 Å². The molecule has 0 saturated carbocycles. The molecule has 0 unspecified atom stereocenters. The monoisotopic (exact) mass is 381 g/mol. The van der Waals surface area contributed by atoms with Gasteiger partial charge < -0.3 is 19.9 Å². The van der Waals surface area contributed by atoms with Crippen LogP contribution in [0.25, 0.3) is 0 Å². The summed E-state index contributed by atoms with van der Waals surface area (Å²) in [6.45, 7) is 11.2. The third-order valence-corrected chi connectivity index (χ3v) is 5.11. The van der Waals surface area contributed by atoms with Crippen LogP contribution in [0.4, 0.5) is 16.2 Å². The largest absolute Gasteiger partial charge is 0.489 e. The first-order valence-corrected chi connectivity index (χ1v) is 10.1. The van der Waals surface area contributed by atoms with E-state index in [0.717, 1.165) is 42.2 Å². The highest BCUT2D eigenvalue weighted by molar-refractivity contribution is 5.91. The van der Waals surface area contributed by atoms with Gasteiger partial charge in [-0.15, -0.1) is 0 Å². The van der Waals surface area contributed by atoms with Gasteiger partial charge in [-0.3, -0.25) is 0 Å². The molecule has 5 heteroatoms.